The zero-order valence-corrected chi connectivity index (χ0v) is 12.0. The number of aliphatic hydroxyl groups is 1. The van der Waals surface area contributed by atoms with Crippen LogP contribution in [0.15, 0.2) is 0 Å². The fourth-order valence-electron chi connectivity index (χ4n) is 2.31. The van der Waals surface area contributed by atoms with Crippen LogP contribution >= 0.6 is 11.8 Å². The van der Waals surface area contributed by atoms with Crippen molar-refractivity contribution in [2.24, 2.45) is 11.8 Å². The lowest BCUT2D eigenvalue weighted by atomic mass is 9.82. The van der Waals surface area contributed by atoms with E-state index in [2.05, 4.69) is 12.2 Å². The van der Waals surface area contributed by atoms with Crippen molar-refractivity contribution < 1.29 is 9.90 Å². The Labute approximate surface area is 109 Å². The topological polar surface area (TPSA) is 49.3 Å². The molecule has 0 aliphatic heterocycles. The molecule has 1 aliphatic rings. The molecule has 17 heavy (non-hydrogen) atoms. The largest absolute Gasteiger partial charge is 0.387 e. The van der Waals surface area contributed by atoms with Crippen molar-refractivity contribution in [3.63, 3.8) is 0 Å². The number of carbonyl (C=O) groups excluding carboxylic acids is 1. The van der Waals surface area contributed by atoms with Crippen LogP contribution in [0, 0.1) is 11.8 Å². The van der Waals surface area contributed by atoms with Gasteiger partial charge in [-0.15, -0.1) is 0 Å². The third-order valence-corrected chi connectivity index (χ3v) is 4.40. The zero-order chi connectivity index (χ0) is 12.9. The molecule has 100 valence electrons. The quantitative estimate of drug-likeness (QED) is 0.794. The number of nitrogens with one attached hydrogen (secondary N) is 1. The number of hydrogen-bond donors (Lipinski definition) is 2. The molecule has 1 fully saturated rings. The molecule has 1 rings (SSSR count). The Balaban J connectivity index is 2.29. The Morgan fingerprint density at radius 3 is 2.53 bits per heavy atom. The molecule has 1 saturated carbocycles. The van der Waals surface area contributed by atoms with Gasteiger partial charge in [-0.25, -0.2) is 0 Å². The summed E-state index contributed by atoms with van der Waals surface area (Å²) in [5, 5.41) is 12.9. The van der Waals surface area contributed by atoms with Crippen molar-refractivity contribution in [3.8, 4) is 0 Å². The van der Waals surface area contributed by atoms with Crippen molar-refractivity contribution >= 4 is 17.7 Å². The minimum atomic E-state index is -0.795. The molecule has 1 aliphatic carbocycles. The van der Waals surface area contributed by atoms with E-state index in [9.17, 15) is 9.90 Å². The minimum absolute atomic E-state index is 0.123. The maximum Gasteiger partial charge on any atom is 0.223 e. The van der Waals surface area contributed by atoms with Crippen molar-refractivity contribution in [3.05, 3.63) is 0 Å². The second-order valence-electron chi connectivity index (χ2n) is 5.60. The third-order valence-electron chi connectivity index (χ3n) is 3.49. The van der Waals surface area contributed by atoms with Gasteiger partial charge in [0.1, 0.15) is 0 Å². The second kappa shape index (κ2) is 6.64. The van der Waals surface area contributed by atoms with E-state index in [-0.39, 0.29) is 11.8 Å². The van der Waals surface area contributed by atoms with Gasteiger partial charge in [-0.1, -0.05) is 6.92 Å². The third kappa shape index (κ3) is 5.30. The highest BCUT2D eigenvalue weighted by molar-refractivity contribution is 7.98. The highest BCUT2D eigenvalue weighted by Gasteiger charge is 2.26. The normalized spacial score (nSPS) is 28.5. The predicted octanol–water partition coefficient (Wildman–Crippen LogP) is 2.04. The lowest BCUT2D eigenvalue weighted by molar-refractivity contribution is -0.127. The molecule has 1 atom stereocenters. The van der Waals surface area contributed by atoms with Crippen molar-refractivity contribution in [1.29, 1.82) is 0 Å². The standard InChI is InChI=1S/C13H25NO2S/c1-10-4-6-11(7-5-10)12(15)14-8-13(2,16)9-17-3/h10-11,16H,4-9H2,1-3H3,(H,14,15). The summed E-state index contributed by atoms with van der Waals surface area (Å²) < 4.78 is 0. The Morgan fingerprint density at radius 1 is 1.41 bits per heavy atom. The monoisotopic (exact) mass is 259 g/mol. The molecule has 0 heterocycles. The van der Waals surface area contributed by atoms with Crippen LogP contribution in [0.25, 0.3) is 0 Å². The maximum atomic E-state index is 11.9. The van der Waals surface area contributed by atoms with Crippen molar-refractivity contribution in [1.82, 2.24) is 5.32 Å². The molecule has 0 aromatic carbocycles. The van der Waals surface area contributed by atoms with Crippen LogP contribution in [0.5, 0.6) is 0 Å². The fourth-order valence-corrected chi connectivity index (χ4v) is 3.03. The van der Waals surface area contributed by atoms with Crippen LogP contribution in [0.1, 0.15) is 39.5 Å². The smallest absolute Gasteiger partial charge is 0.223 e. The summed E-state index contributed by atoms with van der Waals surface area (Å²) in [5.74, 6) is 1.70. The van der Waals surface area contributed by atoms with Gasteiger partial charge in [-0.2, -0.15) is 11.8 Å². The molecule has 3 nitrogen and oxygen atoms in total. The Kier molecular flexibility index (Phi) is 5.80. The van der Waals surface area contributed by atoms with Gasteiger partial charge >= 0.3 is 0 Å². The van der Waals surface area contributed by atoms with E-state index in [0.29, 0.717) is 12.3 Å². The van der Waals surface area contributed by atoms with Crippen LogP contribution in [0.4, 0.5) is 0 Å². The summed E-state index contributed by atoms with van der Waals surface area (Å²) >= 11 is 1.59. The first-order chi connectivity index (χ1) is 7.94. The number of rotatable bonds is 5. The van der Waals surface area contributed by atoms with Crippen LogP contribution in [-0.4, -0.2) is 35.2 Å². The molecular formula is C13H25NO2S. The first-order valence-electron chi connectivity index (χ1n) is 6.43. The number of amides is 1. The average Bonchev–Trinajstić information content (AvgIpc) is 2.27. The molecule has 0 bridgehead atoms. The van der Waals surface area contributed by atoms with Crippen molar-refractivity contribution in [2.75, 3.05) is 18.6 Å². The van der Waals surface area contributed by atoms with E-state index < -0.39 is 5.60 Å². The van der Waals surface area contributed by atoms with E-state index in [0.717, 1.165) is 31.6 Å². The lowest BCUT2D eigenvalue weighted by Gasteiger charge is -2.27. The summed E-state index contributed by atoms with van der Waals surface area (Å²) in [6, 6.07) is 0. The molecule has 1 unspecified atom stereocenters. The van der Waals surface area contributed by atoms with Crippen LogP contribution in [0.3, 0.4) is 0 Å². The Bertz CT molecular complexity index is 248. The summed E-state index contributed by atoms with van der Waals surface area (Å²) in [6.07, 6.45) is 6.26. The van der Waals surface area contributed by atoms with Crippen LogP contribution in [-0.2, 0) is 4.79 Å². The first kappa shape index (κ1) is 14.8. The van der Waals surface area contributed by atoms with Crippen LogP contribution < -0.4 is 5.32 Å². The second-order valence-corrected chi connectivity index (χ2v) is 6.47. The van der Waals surface area contributed by atoms with Gasteiger partial charge in [0.05, 0.1) is 5.60 Å². The molecule has 0 aromatic heterocycles. The van der Waals surface area contributed by atoms with Crippen molar-refractivity contribution in [2.45, 2.75) is 45.1 Å². The summed E-state index contributed by atoms with van der Waals surface area (Å²) in [6.45, 7) is 4.38. The van der Waals surface area contributed by atoms with E-state index in [1.807, 2.05) is 6.26 Å². The van der Waals surface area contributed by atoms with E-state index in [1.165, 1.54) is 0 Å². The number of carbonyl (C=O) groups is 1. The van der Waals surface area contributed by atoms with Gasteiger partial charge in [-0.3, -0.25) is 4.79 Å². The lowest BCUT2D eigenvalue weighted by Crippen LogP contribution is -2.44. The Morgan fingerprint density at radius 2 is 2.00 bits per heavy atom. The molecule has 0 aromatic rings. The highest BCUT2D eigenvalue weighted by Crippen LogP contribution is 2.28. The predicted molar refractivity (Wildman–Crippen MR) is 73.1 cm³/mol. The molecule has 0 spiro atoms. The molecule has 2 N–H and O–H groups in total. The average molecular weight is 259 g/mol. The molecule has 1 amide bonds. The minimum Gasteiger partial charge on any atom is -0.387 e. The van der Waals surface area contributed by atoms with Gasteiger partial charge < -0.3 is 10.4 Å². The van der Waals surface area contributed by atoms with Gasteiger partial charge in [0.2, 0.25) is 5.91 Å². The number of thioether (sulfide) groups is 1. The SMILES string of the molecule is CSCC(C)(O)CNC(=O)C1CCC(C)CC1. The van der Waals surface area contributed by atoms with E-state index >= 15 is 0 Å². The maximum absolute atomic E-state index is 11.9. The van der Waals surface area contributed by atoms with Gasteiger partial charge in [0.15, 0.2) is 0 Å². The molecule has 4 heteroatoms. The Hall–Kier alpha value is -0.220. The van der Waals surface area contributed by atoms with Gasteiger partial charge in [-0.05, 0) is 44.8 Å². The van der Waals surface area contributed by atoms with Gasteiger partial charge in [0.25, 0.3) is 0 Å². The zero-order valence-electron chi connectivity index (χ0n) is 11.2. The van der Waals surface area contributed by atoms with E-state index in [1.54, 1.807) is 18.7 Å². The van der Waals surface area contributed by atoms with Crippen LogP contribution in [0.2, 0.25) is 0 Å². The van der Waals surface area contributed by atoms with E-state index in [4.69, 9.17) is 0 Å². The summed E-state index contributed by atoms with van der Waals surface area (Å²) in [5.41, 5.74) is -0.795. The number of hydrogen-bond acceptors (Lipinski definition) is 3. The molecular weight excluding hydrogens is 234 g/mol. The first-order valence-corrected chi connectivity index (χ1v) is 7.83. The molecule has 0 radical (unpaired) electrons. The highest BCUT2D eigenvalue weighted by atomic mass is 32.2. The van der Waals surface area contributed by atoms with Gasteiger partial charge in [0, 0.05) is 18.2 Å². The fraction of sp³-hybridized carbons (Fsp3) is 0.923. The summed E-state index contributed by atoms with van der Waals surface area (Å²) in [4.78, 5) is 11.9. The molecule has 0 saturated heterocycles. The summed E-state index contributed by atoms with van der Waals surface area (Å²) in [7, 11) is 0.